The van der Waals surface area contributed by atoms with E-state index in [1.165, 1.54) is 15.2 Å². The molecule has 0 amide bonds. The summed E-state index contributed by atoms with van der Waals surface area (Å²) >= 11 is 0. The van der Waals surface area contributed by atoms with Gasteiger partial charge in [0.2, 0.25) is 0 Å². The number of carbonyl (C=O) groups excluding carboxylic acids is 1. The molecule has 0 N–H and O–H groups in total. The van der Waals surface area contributed by atoms with E-state index < -0.39 is 23.8 Å². The molecule has 1 aliphatic heterocycles. The van der Waals surface area contributed by atoms with Crippen molar-refractivity contribution >= 4 is 11.7 Å². The third-order valence-electron chi connectivity index (χ3n) is 7.71. The van der Waals surface area contributed by atoms with Gasteiger partial charge in [-0.1, -0.05) is 42.5 Å². The zero-order chi connectivity index (χ0) is 29.9. The maximum Gasteiger partial charge on any atom is 0.416 e. The number of carbonyl (C=O) groups is 1. The van der Waals surface area contributed by atoms with Crippen molar-refractivity contribution in [3.05, 3.63) is 118 Å². The van der Waals surface area contributed by atoms with E-state index in [9.17, 15) is 22.8 Å². The summed E-state index contributed by atoms with van der Waals surface area (Å²) in [6, 6.07) is 21.3. The Morgan fingerprint density at radius 1 is 0.857 bits per heavy atom. The summed E-state index contributed by atoms with van der Waals surface area (Å²) in [4.78, 5) is 30.4. The SMILES string of the molecule is CCOC(=O)[C@H](c1ccccc1)N1CCN(c2ccc(-n3ccn([C@H](C)c4cccc(C(F)(F)F)c4)c3=O)cc2)CC1. The van der Waals surface area contributed by atoms with Gasteiger partial charge in [0, 0.05) is 44.3 Å². The molecule has 0 aliphatic carbocycles. The van der Waals surface area contributed by atoms with E-state index in [1.807, 2.05) is 61.5 Å². The largest absolute Gasteiger partial charge is 0.465 e. The fourth-order valence-electron chi connectivity index (χ4n) is 5.43. The highest BCUT2D eigenvalue weighted by Gasteiger charge is 2.32. The molecule has 0 saturated carbocycles. The number of piperazine rings is 1. The van der Waals surface area contributed by atoms with Crippen LogP contribution in [0.25, 0.3) is 5.69 Å². The summed E-state index contributed by atoms with van der Waals surface area (Å²) in [5.41, 5.74) is 1.88. The lowest BCUT2D eigenvalue weighted by Crippen LogP contribution is -2.49. The Morgan fingerprint density at radius 3 is 2.14 bits per heavy atom. The van der Waals surface area contributed by atoms with Crippen LogP contribution in [-0.4, -0.2) is 52.8 Å². The molecule has 1 fully saturated rings. The number of hydrogen-bond donors (Lipinski definition) is 0. The second-order valence-electron chi connectivity index (χ2n) is 10.3. The maximum atomic E-state index is 13.2. The van der Waals surface area contributed by atoms with Crippen LogP contribution in [-0.2, 0) is 15.7 Å². The number of esters is 1. The van der Waals surface area contributed by atoms with Crippen LogP contribution in [0.1, 0.15) is 42.6 Å². The number of hydrogen-bond acceptors (Lipinski definition) is 5. The van der Waals surface area contributed by atoms with Crippen molar-refractivity contribution in [1.82, 2.24) is 14.0 Å². The first-order chi connectivity index (χ1) is 20.2. The average molecular weight is 579 g/mol. The molecule has 5 rings (SSSR count). The van der Waals surface area contributed by atoms with Crippen LogP contribution < -0.4 is 10.6 Å². The molecule has 4 aromatic rings. The number of halogens is 3. The molecule has 10 heteroatoms. The Balaban J connectivity index is 1.27. The Kier molecular flexibility index (Phi) is 8.54. The van der Waals surface area contributed by atoms with Gasteiger partial charge < -0.3 is 9.64 Å². The predicted octanol–water partition coefficient (Wildman–Crippen LogP) is 5.69. The van der Waals surface area contributed by atoms with Crippen LogP contribution in [0.15, 0.2) is 96.1 Å². The molecule has 0 radical (unpaired) electrons. The van der Waals surface area contributed by atoms with E-state index in [1.54, 1.807) is 25.4 Å². The van der Waals surface area contributed by atoms with Gasteiger partial charge in [0.1, 0.15) is 6.04 Å². The number of benzene rings is 3. The third-order valence-corrected chi connectivity index (χ3v) is 7.71. The standard InChI is InChI=1S/C32H33F3N4O3/c1-3-42-30(40)29(24-8-5-4-6-9-24)37-18-16-36(17-19-37)27-12-14-28(15-13-27)39-21-20-38(31(39)41)23(2)25-10-7-11-26(22-25)32(33,34)35/h4-15,20-23,29H,3,16-19H2,1-2H3/t23-,29+/m1/s1. The van der Waals surface area contributed by atoms with Crippen LogP contribution in [0.2, 0.25) is 0 Å². The molecule has 1 aromatic heterocycles. The van der Waals surface area contributed by atoms with Crippen LogP contribution in [0.5, 0.6) is 0 Å². The molecule has 0 unspecified atom stereocenters. The van der Waals surface area contributed by atoms with Crippen molar-refractivity contribution in [2.24, 2.45) is 0 Å². The number of alkyl halides is 3. The van der Waals surface area contributed by atoms with Gasteiger partial charge in [0.05, 0.1) is 23.9 Å². The molecule has 220 valence electrons. The fraction of sp³-hybridized carbons (Fsp3) is 0.312. The fourth-order valence-corrected chi connectivity index (χ4v) is 5.43. The highest BCUT2D eigenvalue weighted by molar-refractivity contribution is 5.77. The topological polar surface area (TPSA) is 59.7 Å². The molecule has 3 aromatic carbocycles. The zero-order valence-corrected chi connectivity index (χ0v) is 23.5. The lowest BCUT2D eigenvalue weighted by molar-refractivity contribution is -0.150. The minimum absolute atomic E-state index is 0.249. The second-order valence-corrected chi connectivity index (χ2v) is 10.3. The summed E-state index contributed by atoms with van der Waals surface area (Å²) in [6.07, 6.45) is -1.24. The van der Waals surface area contributed by atoms with Gasteiger partial charge in [0.15, 0.2) is 0 Å². The second kappa shape index (κ2) is 12.3. The van der Waals surface area contributed by atoms with Gasteiger partial charge in [-0.05, 0) is 61.4 Å². The van der Waals surface area contributed by atoms with E-state index in [4.69, 9.17) is 4.74 Å². The molecule has 7 nitrogen and oxygen atoms in total. The molecule has 42 heavy (non-hydrogen) atoms. The van der Waals surface area contributed by atoms with Crippen LogP contribution in [0.3, 0.4) is 0 Å². The van der Waals surface area contributed by atoms with E-state index in [2.05, 4.69) is 9.80 Å². The molecule has 2 heterocycles. The first kappa shape index (κ1) is 29.2. The van der Waals surface area contributed by atoms with E-state index in [0.717, 1.165) is 23.4 Å². The zero-order valence-electron chi connectivity index (χ0n) is 23.5. The van der Waals surface area contributed by atoms with Crippen molar-refractivity contribution in [1.29, 1.82) is 0 Å². The van der Waals surface area contributed by atoms with Crippen molar-refractivity contribution in [2.45, 2.75) is 32.1 Å². The molecular formula is C32H33F3N4O3. The number of rotatable bonds is 8. The first-order valence-electron chi connectivity index (χ1n) is 13.9. The van der Waals surface area contributed by atoms with Gasteiger partial charge >= 0.3 is 17.8 Å². The smallest absolute Gasteiger partial charge is 0.416 e. The predicted molar refractivity (Wildman–Crippen MR) is 155 cm³/mol. The number of ether oxygens (including phenoxy) is 1. The summed E-state index contributed by atoms with van der Waals surface area (Å²) < 4.78 is 47.9. The monoisotopic (exact) mass is 578 g/mol. The highest BCUT2D eigenvalue weighted by atomic mass is 19.4. The van der Waals surface area contributed by atoms with Crippen molar-refractivity contribution in [3.63, 3.8) is 0 Å². The van der Waals surface area contributed by atoms with E-state index >= 15 is 0 Å². The molecule has 0 bridgehead atoms. The van der Waals surface area contributed by atoms with Gasteiger partial charge in [-0.15, -0.1) is 0 Å². The summed E-state index contributed by atoms with van der Waals surface area (Å²) in [5.74, 6) is -0.249. The quantitative estimate of drug-likeness (QED) is 0.252. The molecule has 0 spiro atoms. The minimum atomic E-state index is -4.45. The maximum absolute atomic E-state index is 13.2. The number of anilines is 1. The Morgan fingerprint density at radius 2 is 1.50 bits per heavy atom. The summed E-state index contributed by atoms with van der Waals surface area (Å²) in [7, 11) is 0. The van der Waals surface area contributed by atoms with E-state index in [0.29, 0.717) is 44.0 Å². The van der Waals surface area contributed by atoms with Crippen LogP contribution in [0.4, 0.5) is 18.9 Å². The lowest BCUT2D eigenvalue weighted by atomic mass is 10.0. The van der Waals surface area contributed by atoms with Gasteiger partial charge in [-0.2, -0.15) is 13.2 Å². The third kappa shape index (κ3) is 6.13. The average Bonchev–Trinajstić information content (AvgIpc) is 3.38. The lowest BCUT2D eigenvalue weighted by Gasteiger charge is -2.39. The first-order valence-corrected chi connectivity index (χ1v) is 13.9. The summed E-state index contributed by atoms with van der Waals surface area (Å²) in [5, 5.41) is 0. The van der Waals surface area contributed by atoms with E-state index in [-0.39, 0.29) is 11.7 Å². The number of imidazole rings is 1. The minimum Gasteiger partial charge on any atom is -0.465 e. The number of nitrogens with zero attached hydrogens (tertiary/aromatic N) is 4. The van der Waals surface area contributed by atoms with Crippen LogP contribution in [0, 0.1) is 0 Å². The molecule has 1 saturated heterocycles. The Bertz CT molecular complexity index is 1560. The van der Waals surface area contributed by atoms with Crippen LogP contribution >= 0.6 is 0 Å². The van der Waals surface area contributed by atoms with Gasteiger partial charge in [0.25, 0.3) is 0 Å². The highest BCUT2D eigenvalue weighted by Crippen LogP contribution is 2.31. The molecule has 1 aliphatic rings. The van der Waals surface area contributed by atoms with Gasteiger partial charge in [-0.25, -0.2) is 9.59 Å². The number of aromatic nitrogens is 2. The van der Waals surface area contributed by atoms with Crippen molar-refractivity contribution in [3.8, 4) is 5.69 Å². The Labute approximate surface area is 242 Å². The van der Waals surface area contributed by atoms with Gasteiger partial charge in [-0.3, -0.25) is 14.0 Å². The normalized spacial score (nSPS) is 15.8. The van der Waals surface area contributed by atoms with Crippen molar-refractivity contribution < 1.29 is 22.7 Å². The molecular weight excluding hydrogens is 545 g/mol. The van der Waals surface area contributed by atoms with Crippen molar-refractivity contribution in [2.75, 3.05) is 37.7 Å². The Hall–Kier alpha value is -4.31. The molecule has 2 atom stereocenters. The summed E-state index contributed by atoms with van der Waals surface area (Å²) in [6.45, 7) is 6.62.